The van der Waals surface area contributed by atoms with E-state index in [2.05, 4.69) is 15.6 Å². The molecule has 0 aliphatic heterocycles. The molecule has 0 aliphatic rings. The molecular weight excluding hydrogens is 244 g/mol. The molecule has 6 nitrogen and oxygen atoms in total. The third kappa shape index (κ3) is 2.98. The molecule has 6 heteroatoms. The van der Waals surface area contributed by atoms with Crippen molar-refractivity contribution in [2.45, 2.75) is 6.92 Å². The van der Waals surface area contributed by atoms with E-state index < -0.39 is 0 Å². The second-order valence-electron chi connectivity index (χ2n) is 4.12. The van der Waals surface area contributed by atoms with Gasteiger partial charge in [-0.05, 0) is 24.6 Å². The third-order valence-corrected chi connectivity index (χ3v) is 2.68. The minimum absolute atomic E-state index is 0.214. The molecule has 1 aromatic heterocycles. The largest absolute Gasteiger partial charge is 0.411 e. The van der Waals surface area contributed by atoms with E-state index in [1.54, 1.807) is 49.1 Å². The molecule has 0 bridgehead atoms. The average Bonchev–Trinajstić information content (AvgIpc) is 2.85. The van der Waals surface area contributed by atoms with Crippen molar-refractivity contribution in [2.75, 3.05) is 5.32 Å². The first-order valence-electron chi connectivity index (χ1n) is 5.69. The van der Waals surface area contributed by atoms with Crippen LogP contribution in [-0.4, -0.2) is 26.6 Å². The number of amides is 1. The van der Waals surface area contributed by atoms with Crippen LogP contribution in [0.4, 0.5) is 5.69 Å². The van der Waals surface area contributed by atoms with Crippen LogP contribution in [-0.2, 0) is 7.05 Å². The second kappa shape index (κ2) is 5.34. The Balaban J connectivity index is 2.10. The van der Waals surface area contributed by atoms with Crippen LogP contribution in [0.5, 0.6) is 0 Å². The summed E-state index contributed by atoms with van der Waals surface area (Å²) in [4.78, 5) is 11.9. The van der Waals surface area contributed by atoms with Crippen LogP contribution in [0.25, 0.3) is 0 Å². The average molecular weight is 258 g/mol. The SMILES string of the molecule is C/C(=N\O)c1ccc(NC(=O)c2cnn(C)c2)cc1. The van der Waals surface area contributed by atoms with Crippen LogP contribution in [0.1, 0.15) is 22.8 Å². The van der Waals surface area contributed by atoms with Gasteiger partial charge in [0.05, 0.1) is 17.5 Å². The summed E-state index contributed by atoms with van der Waals surface area (Å²) >= 11 is 0. The number of carbonyl (C=O) groups excluding carboxylic acids is 1. The van der Waals surface area contributed by atoms with Gasteiger partial charge in [-0.2, -0.15) is 5.10 Å². The summed E-state index contributed by atoms with van der Waals surface area (Å²) in [6, 6.07) is 7.04. The smallest absolute Gasteiger partial charge is 0.258 e. The van der Waals surface area contributed by atoms with Gasteiger partial charge in [0, 0.05) is 18.9 Å². The monoisotopic (exact) mass is 258 g/mol. The zero-order chi connectivity index (χ0) is 13.8. The standard InChI is InChI=1S/C13H14N4O2/c1-9(16-19)10-3-5-12(6-4-10)15-13(18)11-7-14-17(2)8-11/h3-8,19H,1-2H3,(H,15,18)/b16-9+. The zero-order valence-corrected chi connectivity index (χ0v) is 10.7. The Morgan fingerprint density at radius 3 is 2.53 bits per heavy atom. The Labute approximate surface area is 110 Å². The summed E-state index contributed by atoms with van der Waals surface area (Å²) in [6.07, 6.45) is 3.15. The normalized spacial score (nSPS) is 11.4. The van der Waals surface area contributed by atoms with Gasteiger partial charge in [-0.1, -0.05) is 17.3 Å². The molecule has 19 heavy (non-hydrogen) atoms. The minimum Gasteiger partial charge on any atom is -0.411 e. The van der Waals surface area contributed by atoms with Crippen molar-refractivity contribution >= 4 is 17.3 Å². The summed E-state index contributed by atoms with van der Waals surface area (Å²) < 4.78 is 1.57. The lowest BCUT2D eigenvalue weighted by atomic mass is 10.1. The lowest BCUT2D eigenvalue weighted by Gasteiger charge is -2.04. The van der Waals surface area contributed by atoms with Crippen LogP contribution in [0.3, 0.4) is 0 Å². The summed E-state index contributed by atoms with van der Waals surface area (Å²) in [5, 5.41) is 18.5. The molecule has 0 fully saturated rings. The molecule has 0 saturated heterocycles. The second-order valence-corrected chi connectivity index (χ2v) is 4.12. The maximum atomic E-state index is 11.9. The van der Waals surface area contributed by atoms with Gasteiger partial charge < -0.3 is 10.5 Å². The van der Waals surface area contributed by atoms with E-state index in [0.717, 1.165) is 5.56 Å². The number of benzene rings is 1. The minimum atomic E-state index is -0.214. The van der Waals surface area contributed by atoms with Gasteiger partial charge in [-0.15, -0.1) is 0 Å². The quantitative estimate of drug-likeness (QED) is 0.501. The first-order valence-corrected chi connectivity index (χ1v) is 5.69. The fourth-order valence-electron chi connectivity index (χ4n) is 1.59. The number of aryl methyl sites for hydroxylation is 1. The molecule has 1 heterocycles. The predicted octanol–water partition coefficient (Wildman–Crippen LogP) is 1.87. The van der Waals surface area contributed by atoms with E-state index in [9.17, 15) is 4.79 Å². The predicted molar refractivity (Wildman–Crippen MR) is 71.6 cm³/mol. The topological polar surface area (TPSA) is 79.5 Å². The highest BCUT2D eigenvalue weighted by molar-refractivity contribution is 6.04. The maximum absolute atomic E-state index is 11.9. The number of rotatable bonds is 3. The molecule has 1 aromatic carbocycles. The molecule has 2 aromatic rings. The van der Waals surface area contributed by atoms with Crippen molar-refractivity contribution in [3.8, 4) is 0 Å². The van der Waals surface area contributed by atoms with Gasteiger partial charge in [0.2, 0.25) is 0 Å². The van der Waals surface area contributed by atoms with E-state index >= 15 is 0 Å². The molecule has 0 saturated carbocycles. The number of hydrogen-bond donors (Lipinski definition) is 2. The molecule has 0 spiro atoms. The fourth-order valence-corrected chi connectivity index (χ4v) is 1.59. The number of oxime groups is 1. The zero-order valence-electron chi connectivity index (χ0n) is 10.7. The van der Waals surface area contributed by atoms with E-state index in [1.807, 2.05) is 0 Å². The Bertz CT molecular complexity index is 614. The molecular formula is C13H14N4O2. The molecule has 98 valence electrons. The Hall–Kier alpha value is -2.63. The van der Waals surface area contributed by atoms with Crippen molar-refractivity contribution in [3.63, 3.8) is 0 Å². The third-order valence-electron chi connectivity index (χ3n) is 2.68. The Morgan fingerprint density at radius 2 is 2.00 bits per heavy atom. The fraction of sp³-hybridized carbons (Fsp3) is 0.154. The van der Waals surface area contributed by atoms with Crippen molar-refractivity contribution < 1.29 is 10.0 Å². The molecule has 2 rings (SSSR count). The summed E-state index contributed by atoms with van der Waals surface area (Å²) in [5.74, 6) is -0.214. The summed E-state index contributed by atoms with van der Waals surface area (Å²) in [6.45, 7) is 1.70. The van der Waals surface area contributed by atoms with Gasteiger partial charge in [-0.3, -0.25) is 9.48 Å². The first-order chi connectivity index (χ1) is 9.10. The lowest BCUT2D eigenvalue weighted by molar-refractivity contribution is 0.102. The van der Waals surface area contributed by atoms with Gasteiger partial charge in [0.1, 0.15) is 0 Å². The van der Waals surface area contributed by atoms with Crippen LogP contribution < -0.4 is 5.32 Å². The van der Waals surface area contributed by atoms with Crippen molar-refractivity contribution in [2.24, 2.45) is 12.2 Å². The molecule has 0 unspecified atom stereocenters. The van der Waals surface area contributed by atoms with Gasteiger partial charge in [0.15, 0.2) is 0 Å². The van der Waals surface area contributed by atoms with Gasteiger partial charge in [-0.25, -0.2) is 0 Å². The molecule has 1 amide bonds. The van der Waals surface area contributed by atoms with Crippen LogP contribution in [0.2, 0.25) is 0 Å². The van der Waals surface area contributed by atoms with Gasteiger partial charge in [0.25, 0.3) is 5.91 Å². The van der Waals surface area contributed by atoms with E-state index in [4.69, 9.17) is 5.21 Å². The number of nitrogens with zero attached hydrogens (tertiary/aromatic N) is 3. The van der Waals surface area contributed by atoms with Crippen molar-refractivity contribution in [3.05, 3.63) is 47.8 Å². The number of hydrogen-bond acceptors (Lipinski definition) is 4. The van der Waals surface area contributed by atoms with E-state index in [0.29, 0.717) is 17.0 Å². The van der Waals surface area contributed by atoms with Gasteiger partial charge >= 0.3 is 0 Å². The number of anilines is 1. The number of nitrogens with one attached hydrogen (secondary N) is 1. The number of carbonyl (C=O) groups is 1. The highest BCUT2D eigenvalue weighted by Gasteiger charge is 2.08. The van der Waals surface area contributed by atoms with Crippen LogP contribution >= 0.6 is 0 Å². The summed E-state index contributed by atoms with van der Waals surface area (Å²) in [7, 11) is 1.75. The number of aromatic nitrogens is 2. The van der Waals surface area contributed by atoms with Crippen LogP contribution in [0, 0.1) is 0 Å². The highest BCUT2D eigenvalue weighted by atomic mass is 16.4. The molecule has 0 radical (unpaired) electrons. The molecule has 2 N–H and O–H groups in total. The van der Waals surface area contributed by atoms with E-state index in [-0.39, 0.29) is 5.91 Å². The summed E-state index contributed by atoms with van der Waals surface area (Å²) in [5.41, 5.74) is 2.48. The van der Waals surface area contributed by atoms with Crippen LogP contribution in [0.15, 0.2) is 41.8 Å². The maximum Gasteiger partial charge on any atom is 0.258 e. The Kier molecular flexibility index (Phi) is 3.61. The molecule has 0 aliphatic carbocycles. The van der Waals surface area contributed by atoms with E-state index in [1.165, 1.54) is 6.20 Å². The highest BCUT2D eigenvalue weighted by Crippen LogP contribution is 2.12. The molecule has 0 atom stereocenters. The Morgan fingerprint density at radius 1 is 1.32 bits per heavy atom. The first kappa shape index (κ1) is 12.8. The lowest BCUT2D eigenvalue weighted by Crippen LogP contribution is -2.11. The van der Waals surface area contributed by atoms with Crippen molar-refractivity contribution in [1.29, 1.82) is 0 Å². The van der Waals surface area contributed by atoms with Crippen molar-refractivity contribution in [1.82, 2.24) is 9.78 Å².